The minimum atomic E-state index is 0.761. The lowest BCUT2D eigenvalue weighted by atomic mass is 9.74. The van der Waals surface area contributed by atoms with Gasteiger partial charge in [-0.2, -0.15) is 11.8 Å². The van der Waals surface area contributed by atoms with Crippen molar-refractivity contribution in [2.45, 2.75) is 31.7 Å². The summed E-state index contributed by atoms with van der Waals surface area (Å²) in [6.07, 6.45) is 4.80. The van der Waals surface area contributed by atoms with Crippen molar-refractivity contribution >= 4 is 11.8 Å². The summed E-state index contributed by atoms with van der Waals surface area (Å²) in [7, 11) is 0. The van der Waals surface area contributed by atoms with Crippen molar-refractivity contribution in [1.29, 1.82) is 0 Å². The number of thioether (sulfide) groups is 1. The Balaban J connectivity index is 1.78. The normalized spacial score (nSPS) is 24.1. The van der Waals surface area contributed by atoms with Gasteiger partial charge < -0.3 is 5.32 Å². The lowest BCUT2D eigenvalue weighted by molar-refractivity contribution is 0.296. The molecule has 0 bridgehead atoms. The second-order valence-corrected chi connectivity index (χ2v) is 5.65. The van der Waals surface area contributed by atoms with E-state index in [0.717, 1.165) is 18.5 Å². The van der Waals surface area contributed by atoms with Crippen LogP contribution >= 0.6 is 11.8 Å². The van der Waals surface area contributed by atoms with Crippen LogP contribution in [0.15, 0.2) is 24.3 Å². The molecule has 1 aliphatic rings. The number of aryl methyl sites for hydroxylation is 1. The number of hydrogen-bond acceptors (Lipinski definition) is 2. The van der Waals surface area contributed by atoms with Gasteiger partial charge in [-0.1, -0.05) is 24.3 Å². The summed E-state index contributed by atoms with van der Waals surface area (Å²) in [5.41, 5.74) is 3.01. The number of benzene rings is 1. The second-order valence-electron chi connectivity index (χ2n) is 4.67. The summed E-state index contributed by atoms with van der Waals surface area (Å²) in [5.74, 6) is 2.03. The summed E-state index contributed by atoms with van der Waals surface area (Å²) < 4.78 is 0. The van der Waals surface area contributed by atoms with Crippen LogP contribution in [0.25, 0.3) is 0 Å². The highest BCUT2D eigenvalue weighted by Crippen LogP contribution is 2.38. The van der Waals surface area contributed by atoms with Crippen LogP contribution in [0.3, 0.4) is 0 Å². The van der Waals surface area contributed by atoms with Crippen molar-refractivity contribution < 1.29 is 0 Å². The first-order valence-electron chi connectivity index (χ1n) is 6.09. The molecule has 1 aromatic rings. The molecule has 0 atom stereocenters. The van der Waals surface area contributed by atoms with Crippen molar-refractivity contribution in [3.05, 3.63) is 35.4 Å². The molecule has 0 heterocycles. The van der Waals surface area contributed by atoms with Gasteiger partial charge in [0.2, 0.25) is 0 Å². The third-order valence-corrected chi connectivity index (χ3v) is 4.12. The molecule has 2 heteroatoms. The van der Waals surface area contributed by atoms with Crippen LogP contribution in [0.1, 0.15) is 29.9 Å². The summed E-state index contributed by atoms with van der Waals surface area (Å²) >= 11 is 1.92. The van der Waals surface area contributed by atoms with Gasteiger partial charge in [-0.25, -0.2) is 0 Å². The summed E-state index contributed by atoms with van der Waals surface area (Å²) in [6.45, 7) is 3.39. The van der Waals surface area contributed by atoms with E-state index in [-0.39, 0.29) is 0 Å². The fourth-order valence-electron chi connectivity index (χ4n) is 2.45. The minimum absolute atomic E-state index is 0.761. The Morgan fingerprint density at radius 1 is 1.31 bits per heavy atom. The molecule has 16 heavy (non-hydrogen) atoms. The highest BCUT2D eigenvalue weighted by molar-refractivity contribution is 7.98. The monoisotopic (exact) mass is 235 g/mol. The van der Waals surface area contributed by atoms with E-state index in [9.17, 15) is 0 Å². The molecule has 1 nitrogen and oxygen atoms in total. The molecular weight excluding hydrogens is 214 g/mol. The standard InChI is InChI=1S/C14H21NS/c1-11-5-3-4-6-14(11)12-9-13(10-12)15-7-8-16-2/h3-6,12-13,15H,7-10H2,1-2H3. The first kappa shape index (κ1) is 12.0. The maximum atomic E-state index is 3.62. The summed E-state index contributed by atoms with van der Waals surface area (Å²) in [4.78, 5) is 0. The van der Waals surface area contributed by atoms with E-state index < -0.39 is 0 Å². The third kappa shape index (κ3) is 2.80. The predicted molar refractivity (Wildman–Crippen MR) is 73.3 cm³/mol. The summed E-state index contributed by atoms with van der Waals surface area (Å²) in [5, 5.41) is 3.62. The molecule has 0 unspecified atom stereocenters. The molecule has 1 saturated carbocycles. The zero-order valence-corrected chi connectivity index (χ0v) is 11.0. The Hall–Kier alpha value is -0.470. The van der Waals surface area contributed by atoms with Crippen LogP contribution in [-0.2, 0) is 0 Å². The average molecular weight is 235 g/mol. The summed E-state index contributed by atoms with van der Waals surface area (Å²) in [6, 6.07) is 9.57. The van der Waals surface area contributed by atoms with Gasteiger partial charge in [0.25, 0.3) is 0 Å². The van der Waals surface area contributed by atoms with Crippen LogP contribution in [0, 0.1) is 6.92 Å². The molecule has 0 spiro atoms. The highest BCUT2D eigenvalue weighted by atomic mass is 32.2. The van der Waals surface area contributed by atoms with Gasteiger partial charge in [0.15, 0.2) is 0 Å². The van der Waals surface area contributed by atoms with E-state index in [4.69, 9.17) is 0 Å². The largest absolute Gasteiger partial charge is 0.313 e. The van der Waals surface area contributed by atoms with Crippen molar-refractivity contribution in [3.63, 3.8) is 0 Å². The molecule has 1 aromatic carbocycles. The predicted octanol–water partition coefficient (Wildman–Crippen LogP) is 3.19. The Morgan fingerprint density at radius 3 is 2.75 bits per heavy atom. The van der Waals surface area contributed by atoms with Crippen LogP contribution in [0.2, 0.25) is 0 Å². The Labute approximate surface area is 103 Å². The molecule has 1 fully saturated rings. The lowest BCUT2D eigenvalue weighted by Gasteiger charge is -2.37. The van der Waals surface area contributed by atoms with Crippen LogP contribution in [0.5, 0.6) is 0 Å². The molecule has 0 saturated heterocycles. The van der Waals surface area contributed by atoms with Gasteiger partial charge in [-0.15, -0.1) is 0 Å². The number of nitrogens with one attached hydrogen (secondary N) is 1. The fraction of sp³-hybridized carbons (Fsp3) is 0.571. The fourth-order valence-corrected chi connectivity index (χ4v) is 2.77. The van der Waals surface area contributed by atoms with Gasteiger partial charge in [0, 0.05) is 18.3 Å². The molecule has 2 rings (SSSR count). The number of hydrogen-bond donors (Lipinski definition) is 1. The molecule has 0 radical (unpaired) electrons. The van der Waals surface area contributed by atoms with Crippen molar-refractivity contribution in [2.24, 2.45) is 0 Å². The van der Waals surface area contributed by atoms with Crippen molar-refractivity contribution in [1.82, 2.24) is 5.32 Å². The van der Waals surface area contributed by atoms with E-state index >= 15 is 0 Å². The first-order valence-corrected chi connectivity index (χ1v) is 7.48. The molecular formula is C14H21NS. The lowest BCUT2D eigenvalue weighted by Crippen LogP contribution is -2.41. The topological polar surface area (TPSA) is 12.0 Å². The Morgan fingerprint density at radius 2 is 2.06 bits per heavy atom. The highest BCUT2D eigenvalue weighted by Gasteiger charge is 2.30. The average Bonchev–Trinajstić information content (AvgIpc) is 2.23. The molecule has 1 N–H and O–H groups in total. The SMILES string of the molecule is CSCCNC1CC(c2ccccc2C)C1. The van der Waals surface area contributed by atoms with E-state index in [1.165, 1.54) is 24.2 Å². The third-order valence-electron chi connectivity index (χ3n) is 3.51. The van der Waals surface area contributed by atoms with Crippen LogP contribution in [-0.4, -0.2) is 24.6 Å². The van der Waals surface area contributed by atoms with Gasteiger partial charge in [0.05, 0.1) is 0 Å². The van der Waals surface area contributed by atoms with Crippen LogP contribution in [0.4, 0.5) is 0 Å². The van der Waals surface area contributed by atoms with E-state index in [1.807, 2.05) is 11.8 Å². The maximum Gasteiger partial charge on any atom is 0.00790 e. The molecule has 1 aliphatic carbocycles. The van der Waals surface area contributed by atoms with Crippen LogP contribution < -0.4 is 5.32 Å². The van der Waals surface area contributed by atoms with E-state index in [2.05, 4.69) is 42.8 Å². The van der Waals surface area contributed by atoms with Gasteiger partial charge in [-0.3, -0.25) is 0 Å². The molecule has 0 amide bonds. The van der Waals surface area contributed by atoms with Gasteiger partial charge in [-0.05, 0) is 43.1 Å². The van der Waals surface area contributed by atoms with Gasteiger partial charge >= 0.3 is 0 Å². The zero-order chi connectivity index (χ0) is 11.4. The first-order chi connectivity index (χ1) is 7.81. The molecule has 0 aromatic heterocycles. The quantitative estimate of drug-likeness (QED) is 0.787. The van der Waals surface area contributed by atoms with Crippen molar-refractivity contribution in [3.8, 4) is 0 Å². The van der Waals surface area contributed by atoms with Crippen molar-refractivity contribution in [2.75, 3.05) is 18.6 Å². The number of rotatable bonds is 5. The van der Waals surface area contributed by atoms with E-state index in [1.54, 1.807) is 5.56 Å². The second kappa shape index (κ2) is 5.74. The van der Waals surface area contributed by atoms with E-state index in [0.29, 0.717) is 0 Å². The zero-order valence-electron chi connectivity index (χ0n) is 10.2. The maximum absolute atomic E-state index is 3.62. The Bertz CT molecular complexity index is 331. The Kier molecular flexibility index (Phi) is 4.30. The molecule has 88 valence electrons. The molecule has 0 aliphatic heterocycles. The minimum Gasteiger partial charge on any atom is -0.313 e. The van der Waals surface area contributed by atoms with Gasteiger partial charge in [0.1, 0.15) is 0 Å². The smallest absolute Gasteiger partial charge is 0.00790 e.